The van der Waals surface area contributed by atoms with Gasteiger partial charge in [0.2, 0.25) is 0 Å². The molecule has 0 fully saturated rings. The molecule has 4 aromatic rings. The molecule has 0 amide bonds. The number of fused-ring (bicyclic) bond motifs is 3. The van der Waals surface area contributed by atoms with Gasteiger partial charge in [0, 0.05) is 23.4 Å². The molecule has 0 saturated carbocycles. The second-order valence-electron chi connectivity index (χ2n) is 9.44. The summed E-state index contributed by atoms with van der Waals surface area (Å²) in [5, 5.41) is 2.01. The zero-order valence-electron chi connectivity index (χ0n) is 21.3. The number of halogens is 2. The Morgan fingerprint density at radius 1 is 1.05 bits per heavy atom. The molecule has 0 spiro atoms. The molecule has 0 saturated heterocycles. The molecule has 1 atom stereocenters. The van der Waals surface area contributed by atoms with E-state index >= 15 is 0 Å². The van der Waals surface area contributed by atoms with Crippen LogP contribution in [0.3, 0.4) is 0 Å². The maximum atomic E-state index is 13.7. The Bertz CT molecular complexity index is 1520. The van der Waals surface area contributed by atoms with Crippen LogP contribution in [-0.4, -0.2) is 27.1 Å². The maximum absolute atomic E-state index is 13.7. The van der Waals surface area contributed by atoms with Crippen molar-refractivity contribution in [1.82, 2.24) is 9.97 Å². The van der Waals surface area contributed by atoms with Gasteiger partial charge in [-0.15, -0.1) is 0 Å². The monoisotopic (exact) mass is 544 g/mol. The van der Waals surface area contributed by atoms with Crippen molar-refractivity contribution in [3.63, 3.8) is 0 Å². The number of pyridine rings is 2. The number of benzene rings is 2. The summed E-state index contributed by atoms with van der Waals surface area (Å²) in [6.07, 6.45) is 2.87. The standard InChI is InChI=1S/C27H31F2N4O4P/c1-17-5-10-22-23-15-19(16-32-25(23)26(30)33-24(22)13-17)6-7-20-8-9-21(14-18(20)2)36-12-4-3-11-27(28,29)38(34,35)37-31/h5,8-10,13-16H,3-4,6-7,11-12,31H2,1-2H3,(H2,30,33)(H,34,35). The van der Waals surface area contributed by atoms with E-state index in [-0.39, 0.29) is 19.4 Å². The van der Waals surface area contributed by atoms with Gasteiger partial charge >= 0.3 is 13.3 Å². The normalized spacial score (nSPS) is 13.6. The second-order valence-corrected chi connectivity index (χ2v) is 11.3. The van der Waals surface area contributed by atoms with E-state index in [9.17, 15) is 13.3 Å². The highest BCUT2D eigenvalue weighted by Crippen LogP contribution is 2.58. The summed E-state index contributed by atoms with van der Waals surface area (Å²) in [5.74, 6) is 5.56. The molecule has 0 bridgehead atoms. The number of aromatic nitrogens is 2. The molecule has 0 radical (unpaired) electrons. The Balaban J connectivity index is 1.35. The summed E-state index contributed by atoms with van der Waals surface area (Å²) in [7, 11) is -5.16. The van der Waals surface area contributed by atoms with E-state index in [1.807, 2.05) is 44.3 Å². The Labute approximate surface area is 219 Å². The van der Waals surface area contributed by atoms with Crippen molar-refractivity contribution in [2.45, 2.75) is 51.6 Å². The van der Waals surface area contributed by atoms with E-state index in [0.717, 1.165) is 51.4 Å². The smallest absolute Gasteiger partial charge is 0.413 e. The summed E-state index contributed by atoms with van der Waals surface area (Å²) in [6.45, 7) is 4.21. The highest BCUT2D eigenvalue weighted by Gasteiger charge is 2.50. The zero-order valence-corrected chi connectivity index (χ0v) is 22.2. The third kappa shape index (κ3) is 6.10. The first-order valence-electron chi connectivity index (χ1n) is 12.3. The molecule has 1 unspecified atom stereocenters. The van der Waals surface area contributed by atoms with Crippen LogP contribution < -0.4 is 16.4 Å². The number of nitrogens with zero attached hydrogens (tertiary/aromatic N) is 2. The number of rotatable bonds is 11. The maximum Gasteiger partial charge on any atom is 0.413 e. The molecular weight excluding hydrogens is 513 g/mol. The number of unbranched alkanes of at least 4 members (excludes halogenated alkanes) is 1. The van der Waals surface area contributed by atoms with Crippen molar-refractivity contribution < 1.29 is 27.6 Å². The number of hydrogen-bond acceptors (Lipinski definition) is 7. The summed E-state index contributed by atoms with van der Waals surface area (Å²) in [4.78, 5) is 18.2. The quantitative estimate of drug-likeness (QED) is 0.0908. The molecule has 2 aromatic carbocycles. The lowest BCUT2D eigenvalue weighted by molar-refractivity contribution is 0.0370. The van der Waals surface area contributed by atoms with Gasteiger partial charge in [0.25, 0.3) is 0 Å². The van der Waals surface area contributed by atoms with E-state index in [1.165, 1.54) is 0 Å². The summed E-state index contributed by atoms with van der Waals surface area (Å²) in [5.41, 5.74) is 8.25. The first kappa shape index (κ1) is 27.9. The van der Waals surface area contributed by atoms with E-state index in [1.54, 1.807) is 0 Å². The van der Waals surface area contributed by atoms with Gasteiger partial charge in [-0.1, -0.05) is 18.2 Å². The molecule has 0 aliphatic carbocycles. The van der Waals surface area contributed by atoms with Gasteiger partial charge in [-0.05, 0) is 86.1 Å². The number of aryl methyl sites for hydroxylation is 4. The minimum Gasteiger partial charge on any atom is -0.494 e. The number of nitrogens with two attached hydrogens (primary N) is 2. The minimum atomic E-state index is -5.16. The Morgan fingerprint density at radius 3 is 2.58 bits per heavy atom. The average molecular weight is 545 g/mol. The van der Waals surface area contributed by atoms with Gasteiger partial charge in [0.15, 0.2) is 5.82 Å². The van der Waals surface area contributed by atoms with Crippen LogP contribution in [0.2, 0.25) is 0 Å². The Kier molecular flexibility index (Phi) is 8.28. The molecule has 5 N–H and O–H groups in total. The third-order valence-electron chi connectivity index (χ3n) is 6.57. The number of ether oxygens (including phenoxy) is 1. The Hall–Kier alpha value is -3.17. The average Bonchev–Trinajstić information content (AvgIpc) is 2.87. The fourth-order valence-electron chi connectivity index (χ4n) is 4.36. The fraction of sp³-hybridized carbons (Fsp3) is 0.333. The van der Waals surface area contributed by atoms with Gasteiger partial charge < -0.3 is 15.4 Å². The van der Waals surface area contributed by atoms with Crippen molar-refractivity contribution >= 4 is 35.2 Å². The third-order valence-corrected chi connectivity index (χ3v) is 7.90. The van der Waals surface area contributed by atoms with Crippen molar-refractivity contribution in [1.29, 1.82) is 0 Å². The van der Waals surface area contributed by atoms with E-state index in [4.69, 9.17) is 15.4 Å². The summed E-state index contributed by atoms with van der Waals surface area (Å²) >= 11 is 0. The van der Waals surface area contributed by atoms with Crippen molar-refractivity contribution in [2.24, 2.45) is 5.90 Å². The number of anilines is 1. The van der Waals surface area contributed by atoms with Gasteiger partial charge in [-0.3, -0.25) is 9.55 Å². The number of alkyl halides is 2. The molecular formula is C27H31F2N4O4P. The Morgan fingerprint density at radius 2 is 1.84 bits per heavy atom. The fourth-order valence-corrected chi connectivity index (χ4v) is 4.96. The first-order chi connectivity index (χ1) is 18.0. The molecule has 202 valence electrons. The van der Waals surface area contributed by atoms with Crippen LogP contribution in [0.4, 0.5) is 14.6 Å². The summed E-state index contributed by atoms with van der Waals surface area (Å²) in [6, 6.07) is 14.0. The predicted octanol–water partition coefficient (Wildman–Crippen LogP) is 5.98. The molecule has 2 aromatic heterocycles. The molecule has 4 rings (SSSR count). The van der Waals surface area contributed by atoms with Crippen LogP contribution in [0.25, 0.3) is 21.8 Å². The molecule has 38 heavy (non-hydrogen) atoms. The van der Waals surface area contributed by atoms with Gasteiger partial charge in [-0.25, -0.2) is 15.5 Å². The predicted molar refractivity (Wildman–Crippen MR) is 144 cm³/mol. The number of hydrogen-bond donors (Lipinski definition) is 3. The SMILES string of the molecule is Cc1ccc2c(c1)nc(N)c1ncc(CCc3ccc(OCCCCC(F)(F)P(=O)(O)ON)cc3C)cc12. The zero-order chi connectivity index (χ0) is 27.5. The highest BCUT2D eigenvalue weighted by atomic mass is 31.2. The molecule has 2 heterocycles. The minimum absolute atomic E-state index is 0.0195. The molecule has 0 aliphatic rings. The van der Waals surface area contributed by atoms with Crippen LogP contribution in [0.15, 0.2) is 48.7 Å². The van der Waals surface area contributed by atoms with E-state index < -0.39 is 19.7 Å². The van der Waals surface area contributed by atoms with Crippen LogP contribution in [0.1, 0.15) is 41.5 Å². The molecule has 8 nitrogen and oxygen atoms in total. The van der Waals surface area contributed by atoms with Crippen molar-refractivity contribution in [2.75, 3.05) is 12.3 Å². The lowest BCUT2D eigenvalue weighted by Crippen LogP contribution is -2.20. The second kappa shape index (κ2) is 11.3. The lowest BCUT2D eigenvalue weighted by atomic mass is 9.99. The van der Waals surface area contributed by atoms with Crippen LogP contribution in [0, 0.1) is 13.8 Å². The lowest BCUT2D eigenvalue weighted by Gasteiger charge is -2.19. The van der Waals surface area contributed by atoms with Crippen molar-refractivity contribution in [3.8, 4) is 5.75 Å². The first-order valence-corrected chi connectivity index (χ1v) is 13.8. The summed E-state index contributed by atoms with van der Waals surface area (Å²) < 4.78 is 47.8. The van der Waals surface area contributed by atoms with E-state index in [2.05, 4.69) is 38.7 Å². The van der Waals surface area contributed by atoms with Crippen LogP contribution in [0.5, 0.6) is 5.75 Å². The van der Waals surface area contributed by atoms with Gasteiger partial charge in [0.05, 0.1) is 12.1 Å². The topological polar surface area (TPSA) is 134 Å². The van der Waals surface area contributed by atoms with Crippen LogP contribution >= 0.6 is 7.60 Å². The number of nitrogen functional groups attached to an aromatic ring is 1. The van der Waals surface area contributed by atoms with Gasteiger partial charge in [-0.2, -0.15) is 8.78 Å². The van der Waals surface area contributed by atoms with Crippen molar-refractivity contribution in [3.05, 3.63) is 70.9 Å². The highest BCUT2D eigenvalue weighted by molar-refractivity contribution is 7.54. The van der Waals surface area contributed by atoms with Gasteiger partial charge in [0.1, 0.15) is 11.3 Å². The molecule has 11 heteroatoms. The molecule has 0 aliphatic heterocycles. The van der Waals surface area contributed by atoms with E-state index in [0.29, 0.717) is 17.1 Å². The van der Waals surface area contributed by atoms with Crippen LogP contribution in [-0.2, 0) is 22.0 Å². The largest absolute Gasteiger partial charge is 0.494 e.